The second-order valence-electron chi connectivity index (χ2n) is 6.34. The van der Waals surface area contributed by atoms with Crippen molar-refractivity contribution in [2.24, 2.45) is 0 Å². The Bertz CT molecular complexity index is 621. The van der Waals surface area contributed by atoms with E-state index in [9.17, 15) is 13.6 Å². The van der Waals surface area contributed by atoms with Crippen LogP contribution in [-0.4, -0.2) is 29.5 Å². The van der Waals surface area contributed by atoms with Gasteiger partial charge in [0, 0.05) is 16.6 Å². The van der Waals surface area contributed by atoms with Gasteiger partial charge in [0.05, 0.1) is 5.54 Å². The number of ether oxygens (including phenoxy) is 1. The maximum atomic E-state index is 13.0. The van der Waals surface area contributed by atoms with Crippen LogP contribution in [0.25, 0.3) is 0 Å². The van der Waals surface area contributed by atoms with Gasteiger partial charge in [0.25, 0.3) is 0 Å². The third-order valence-electron chi connectivity index (χ3n) is 4.93. The number of carbonyl (C=O) groups excluding carboxylic acids is 1. The van der Waals surface area contributed by atoms with E-state index in [2.05, 4.69) is 26.0 Å². The number of carbonyl (C=O) groups is 1. The van der Waals surface area contributed by atoms with E-state index >= 15 is 0 Å². The second kappa shape index (κ2) is 6.96. The molecule has 1 spiro atoms. The molecule has 1 aliphatic carbocycles. The van der Waals surface area contributed by atoms with Crippen LogP contribution in [0.1, 0.15) is 50.8 Å². The predicted molar refractivity (Wildman–Crippen MR) is 89.9 cm³/mol. The summed E-state index contributed by atoms with van der Waals surface area (Å²) in [6.07, 6.45) is 4.26. The fourth-order valence-corrected chi connectivity index (χ4v) is 4.19. The van der Waals surface area contributed by atoms with Crippen LogP contribution >= 0.6 is 15.9 Å². The first-order valence-corrected chi connectivity index (χ1v) is 9.09. The fraction of sp³-hybridized carbons (Fsp3) is 0.588. The Balaban J connectivity index is 1.98. The van der Waals surface area contributed by atoms with Crippen LogP contribution in [0.4, 0.5) is 8.78 Å². The summed E-state index contributed by atoms with van der Waals surface area (Å²) in [4.78, 5) is 14.7. The van der Waals surface area contributed by atoms with Crippen molar-refractivity contribution in [3.8, 4) is 5.75 Å². The Kier molecular flexibility index (Phi) is 5.11. The summed E-state index contributed by atoms with van der Waals surface area (Å²) < 4.78 is 31.0. The van der Waals surface area contributed by atoms with E-state index in [-0.39, 0.29) is 11.7 Å². The maximum Gasteiger partial charge on any atom is 0.387 e. The SMILES string of the molecule is CCN1C(=O)C2(CCCCC2)NC1c1cc(Br)ccc1OC(F)F. The zero-order valence-electron chi connectivity index (χ0n) is 13.5. The van der Waals surface area contributed by atoms with Crippen molar-refractivity contribution in [1.82, 2.24) is 10.2 Å². The molecule has 3 rings (SSSR count). The lowest BCUT2D eigenvalue weighted by Crippen LogP contribution is -2.48. The molecule has 7 heteroatoms. The lowest BCUT2D eigenvalue weighted by Gasteiger charge is -2.31. The molecule has 1 aromatic carbocycles. The minimum absolute atomic E-state index is 0.0673. The lowest BCUT2D eigenvalue weighted by atomic mass is 9.81. The number of hydrogen-bond donors (Lipinski definition) is 1. The molecule has 24 heavy (non-hydrogen) atoms. The minimum Gasteiger partial charge on any atom is -0.434 e. The standard InChI is InChI=1S/C17H21BrF2N2O2/c1-2-22-14(21-17(15(22)23)8-4-3-5-9-17)12-10-11(18)6-7-13(12)24-16(19)20/h6-7,10,14,16,21H,2-5,8-9H2,1H3. The first-order chi connectivity index (χ1) is 11.5. The summed E-state index contributed by atoms with van der Waals surface area (Å²) in [6.45, 7) is -0.486. The highest BCUT2D eigenvalue weighted by Gasteiger charge is 2.51. The molecule has 1 atom stereocenters. The molecular formula is C17H21BrF2N2O2. The minimum atomic E-state index is -2.90. The van der Waals surface area contributed by atoms with Gasteiger partial charge in [-0.25, -0.2) is 0 Å². The predicted octanol–water partition coefficient (Wildman–Crippen LogP) is 4.20. The van der Waals surface area contributed by atoms with E-state index in [0.717, 1.165) is 36.6 Å². The number of alkyl halides is 2. The average Bonchev–Trinajstić information content (AvgIpc) is 2.81. The molecule has 1 heterocycles. The van der Waals surface area contributed by atoms with Gasteiger partial charge in [-0.1, -0.05) is 35.2 Å². The van der Waals surface area contributed by atoms with Crippen molar-refractivity contribution in [2.45, 2.75) is 57.3 Å². The molecule has 2 aliphatic rings. The molecule has 1 saturated carbocycles. The molecule has 1 unspecified atom stereocenters. The summed E-state index contributed by atoms with van der Waals surface area (Å²) in [5.41, 5.74) is -0.00842. The Morgan fingerprint density at radius 1 is 1.38 bits per heavy atom. The molecule has 0 radical (unpaired) electrons. The van der Waals surface area contributed by atoms with E-state index in [1.165, 1.54) is 6.07 Å². The maximum absolute atomic E-state index is 13.0. The number of benzene rings is 1. The molecule has 1 aromatic rings. The number of halogens is 3. The van der Waals surface area contributed by atoms with Crippen LogP contribution in [0, 0.1) is 0 Å². The van der Waals surface area contributed by atoms with Crippen LogP contribution in [0.2, 0.25) is 0 Å². The van der Waals surface area contributed by atoms with Crippen molar-refractivity contribution < 1.29 is 18.3 Å². The van der Waals surface area contributed by atoms with Gasteiger partial charge in [-0.2, -0.15) is 8.78 Å². The number of likely N-dealkylation sites (N-methyl/N-ethyl adjacent to an activating group) is 1. The van der Waals surface area contributed by atoms with Gasteiger partial charge in [-0.15, -0.1) is 0 Å². The van der Waals surface area contributed by atoms with Gasteiger partial charge in [-0.05, 0) is 38.0 Å². The van der Waals surface area contributed by atoms with Crippen LogP contribution in [0.5, 0.6) is 5.75 Å². The molecular weight excluding hydrogens is 382 g/mol. The van der Waals surface area contributed by atoms with Gasteiger partial charge in [-0.3, -0.25) is 10.1 Å². The highest BCUT2D eigenvalue weighted by molar-refractivity contribution is 9.10. The van der Waals surface area contributed by atoms with E-state index in [0.29, 0.717) is 12.1 Å². The van der Waals surface area contributed by atoms with E-state index < -0.39 is 18.3 Å². The third-order valence-corrected chi connectivity index (χ3v) is 5.42. The van der Waals surface area contributed by atoms with Crippen molar-refractivity contribution in [2.75, 3.05) is 6.54 Å². The van der Waals surface area contributed by atoms with Crippen molar-refractivity contribution in [1.29, 1.82) is 0 Å². The van der Waals surface area contributed by atoms with Gasteiger partial charge in [0.2, 0.25) is 5.91 Å². The number of amides is 1. The zero-order chi connectivity index (χ0) is 17.3. The molecule has 0 bridgehead atoms. The topological polar surface area (TPSA) is 41.6 Å². The highest BCUT2D eigenvalue weighted by Crippen LogP contribution is 2.42. The monoisotopic (exact) mass is 402 g/mol. The molecule has 1 amide bonds. The Labute approximate surface area is 148 Å². The Hall–Kier alpha value is -1.21. The van der Waals surface area contributed by atoms with Crippen LogP contribution < -0.4 is 10.1 Å². The summed E-state index contributed by atoms with van der Waals surface area (Å²) in [5, 5.41) is 3.44. The zero-order valence-corrected chi connectivity index (χ0v) is 15.1. The van der Waals surface area contributed by atoms with E-state index in [1.807, 2.05) is 6.92 Å². The van der Waals surface area contributed by atoms with Gasteiger partial charge in [0.15, 0.2) is 0 Å². The molecule has 1 aliphatic heterocycles. The van der Waals surface area contributed by atoms with Crippen molar-refractivity contribution in [3.05, 3.63) is 28.2 Å². The third kappa shape index (κ3) is 3.16. The second-order valence-corrected chi connectivity index (χ2v) is 7.26. The number of nitrogens with zero attached hydrogens (tertiary/aromatic N) is 1. The van der Waals surface area contributed by atoms with Gasteiger partial charge in [0.1, 0.15) is 11.9 Å². The van der Waals surface area contributed by atoms with Crippen molar-refractivity contribution in [3.63, 3.8) is 0 Å². The summed E-state index contributed by atoms with van der Waals surface area (Å²) in [5.74, 6) is 0.169. The van der Waals surface area contributed by atoms with Crippen molar-refractivity contribution >= 4 is 21.8 Å². The largest absolute Gasteiger partial charge is 0.434 e. The highest BCUT2D eigenvalue weighted by atomic mass is 79.9. The first kappa shape index (κ1) is 17.6. The summed E-state index contributed by atoms with van der Waals surface area (Å²) in [7, 11) is 0. The Morgan fingerprint density at radius 2 is 2.08 bits per heavy atom. The lowest BCUT2D eigenvalue weighted by molar-refractivity contribution is -0.134. The first-order valence-electron chi connectivity index (χ1n) is 8.30. The molecule has 132 valence electrons. The summed E-state index contributed by atoms with van der Waals surface area (Å²) >= 11 is 3.38. The molecule has 1 N–H and O–H groups in total. The van der Waals surface area contributed by atoms with Gasteiger partial charge >= 0.3 is 6.61 Å². The van der Waals surface area contributed by atoms with Gasteiger partial charge < -0.3 is 9.64 Å². The van der Waals surface area contributed by atoms with E-state index in [1.54, 1.807) is 17.0 Å². The Morgan fingerprint density at radius 3 is 2.71 bits per heavy atom. The number of rotatable bonds is 4. The quantitative estimate of drug-likeness (QED) is 0.820. The smallest absolute Gasteiger partial charge is 0.387 e. The van der Waals surface area contributed by atoms with Crippen LogP contribution in [-0.2, 0) is 4.79 Å². The number of nitrogens with one attached hydrogen (secondary N) is 1. The molecule has 4 nitrogen and oxygen atoms in total. The molecule has 0 aromatic heterocycles. The fourth-order valence-electron chi connectivity index (χ4n) is 3.82. The molecule has 2 fully saturated rings. The van der Waals surface area contributed by atoms with E-state index in [4.69, 9.17) is 0 Å². The van der Waals surface area contributed by atoms with Crippen LogP contribution in [0.15, 0.2) is 22.7 Å². The summed E-state index contributed by atoms with van der Waals surface area (Å²) in [6, 6.07) is 4.91. The number of hydrogen-bond acceptors (Lipinski definition) is 3. The normalized spacial score (nSPS) is 23.3. The average molecular weight is 403 g/mol. The van der Waals surface area contributed by atoms with Crippen LogP contribution in [0.3, 0.4) is 0 Å². The molecule has 1 saturated heterocycles.